The highest BCUT2D eigenvalue weighted by Gasteiger charge is 2.28. The summed E-state index contributed by atoms with van der Waals surface area (Å²) in [5.74, 6) is -0.391. The molecule has 3 rings (SSSR count). The molecule has 1 aliphatic heterocycles. The highest BCUT2D eigenvalue weighted by Crippen LogP contribution is 2.21. The van der Waals surface area contributed by atoms with E-state index in [2.05, 4.69) is 11.6 Å². The molecule has 0 spiro atoms. The number of carbonyl (C=O) groups excluding carboxylic acids is 1. The number of hydrogen-bond donors (Lipinski definition) is 0. The van der Waals surface area contributed by atoms with Gasteiger partial charge in [-0.3, -0.25) is 4.79 Å². The van der Waals surface area contributed by atoms with Crippen LogP contribution in [-0.2, 0) is 21.4 Å². The van der Waals surface area contributed by atoms with Gasteiger partial charge < -0.3 is 4.57 Å². The second-order valence-corrected chi connectivity index (χ2v) is 9.13. The predicted molar refractivity (Wildman–Crippen MR) is 99.7 cm³/mol. The van der Waals surface area contributed by atoms with E-state index in [9.17, 15) is 13.2 Å². The van der Waals surface area contributed by atoms with Gasteiger partial charge in [0.15, 0.2) is 4.80 Å². The molecule has 1 fully saturated rings. The Kier molecular flexibility index (Phi) is 5.21. The van der Waals surface area contributed by atoms with E-state index >= 15 is 0 Å². The largest absolute Gasteiger partial charge is 0.313 e. The highest BCUT2D eigenvalue weighted by atomic mass is 32.2. The molecule has 1 aromatic carbocycles. The van der Waals surface area contributed by atoms with Crippen molar-refractivity contribution < 1.29 is 13.2 Å². The molecule has 25 heavy (non-hydrogen) atoms. The number of para-hydroxylation sites is 1. The number of rotatable bonds is 4. The average molecular weight is 380 g/mol. The summed E-state index contributed by atoms with van der Waals surface area (Å²) in [5.41, 5.74) is 1.03. The van der Waals surface area contributed by atoms with Gasteiger partial charge in [-0.1, -0.05) is 29.5 Å². The molecular formula is C17H21N3O3S2. The van der Waals surface area contributed by atoms with Gasteiger partial charge in [0.1, 0.15) is 0 Å². The number of sulfonamides is 1. The van der Waals surface area contributed by atoms with Crippen molar-refractivity contribution in [2.24, 2.45) is 10.9 Å². The van der Waals surface area contributed by atoms with Crippen LogP contribution in [0.25, 0.3) is 10.2 Å². The van der Waals surface area contributed by atoms with Crippen LogP contribution < -0.4 is 4.80 Å². The van der Waals surface area contributed by atoms with Gasteiger partial charge in [-0.25, -0.2) is 12.7 Å². The van der Waals surface area contributed by atoms with E-state index in [0.29, 0.717) is 37.3 Å². The molecule has 134 valence electrons. The van der Waals surface area contributed by atoms with Crippen LogP contribution in [0.1, 0.15) is 12.8 Å². The van der Waals surface area contributed by atoms with Crippen LogP contribution in [0.15, 0.2) is 41.9 Å². The van der Waals surface area contributed by atoms with E-state index in [4.69, 9.17) is 0 Å². The number of piperidine rings is 1. The summed E-state index contributed by atoms with van der Waals surface area (Å²) in [5, 5.41) is 0. The minimum atomic E-state index is -3.19. The summed E-state index contributed by atoms with van der Waals surface area (Å²) in [7, 11) is -3.19. The number of benzene rings is 1. The fraction of sp³-hybridized carbons (Fsp3) is 0.412. The van der Waals surface area contributed by atoms with Crippen LogP contribution in [0.4, 0.5) is 0 Å². The first kappa shape index (κ1) is 18.0. The first-order valence-electron chi connectivity index (χ1n) is 8.13. The van der Waals surface area contributed by atoms with Gasteiger partial charge in [0, 0.05) is 25.6 Å². The topological polar surface area (TPSA) is 71.7 Å². The minimum Gasteiger partial charge on any atom is -0.313 e. The van der Waals surface area contributed by atoms with Crippen molar-refractivity contribution in [2.45, 2.75) is 19.4 Å². The van der Waals surface area contributed by atoms with Crippen molar-refractivity contribution >= 4 is 37.5 Å². The molecule has 1 saturated heterocycles. The Morgan fingerprint density at radius 2 is 2.04 bits per heavy atom. The van der Waals surface area contributed by atoms with Crippen molar-refractivity contribution in [1.82, 2.24) is 8.87 Å². The zero-order chi connectivity index (χ0) is 18.0. The van der Waals surface area contributed by atoms with Crippen molar-refractivity contribution in [3.63, 3.8) is 0 Å². The van der Waals surface area contributed by atoms with Crippen molar-refractivity contribution in [3.8, 4) is 0 Å². The minimum absolute atomic E-state index is 0.169. The monoisotopic (exact) mass is 379 g/mol. The second kappa shape index (κ2) is 7.23. The van der Waals surface area contributed by atoms with Crippen molar-refractivity contribution in [2.75, 3.05) is 19.3 Å². The summed E-state index contributed by atoms with van der Waals surface area (Å²) in [6.07, 6.45) is 4.02. The average Bonchev–Trinajstić information content (AvgIpc) is 2.92. The Morgan fingerprint density at radius 1 is 1.36 bits per heavy atom. The molecule has 0 radical (unpaired) electrons. The highest BCUT2D eigenvalue weighted by molar-refractivity contribution is 7.88. The van der Waals surface area contributed by atoms with E-state index in [1.54, 1.807) is 6.08 Å². The molecule has 2 aromatic rings. The SMILES string of the molecule is C=CCn1c(=NC(=O)C2CCN(S(C)(=O)=O)CC2)sc2ccccc21. The number of thiazole rings is 1. The van der Waals surface area contributed by atoms with Gasteiger partial charge >= 0.3 is 0 Å². The number of allylic oxidation sites excluding steroid dienone is 1. The predicted octanol–water partition coefficient (Wildman–Crippen LogP) is 1.99. The number of carbonyl (C=O) groups is 1. The van der Waals surface area contributed by atoms with Crippen molar-refractivity contribution in [3.05, 3.63) is 41.7 Å². The number of aromatic nitrogens is 1. The molecule has 6 nitrogen and oxygen atoms in total. The van der Waals surface area contributed by atoms with Crippen LogP contribution in [0.2, 0.25) is 0 Å². The quantitative estimate of drug-likeness (QED) is 0.763. The second-order valence-electron chi connectivity index (χ2n) is 6.14. The molecule has 0 atom stereocenters. The third-order valence-corrected chi connectivity index (χ3v) is 6.74. The lowest BCUT2D eigenvalue weighted by Gasteiger charge is -2.28. The summed E-state index contributed by atoms with van der Waals surface area (Å²) in [6, 6.07) is 7.93. The number of nitrogens with zero attached hydrogens (tertiary/aromatic N) is 3. The summed E-state index contributed by atoms with van der Waals surface area (Å²) in [6.45, 7) is 5.12. The number of amides is 1. The van der Waals surface area contributed by atoms with Gasteiger partial charge in [-0.15, -0.1) is 6.58 Å². The van der Waals surface area contributed by atoms with E-state index in [-0.39, 0.29) is 11.8 Å². The maximum absolute atomic E-state index is 12.6. The molecule has 0 saturated carbocycles. The third-order valence-electron chi connectivity index (χ3n) is 4.38. The molecule has 0 bridgehead atoms. The third kappa shape index (κ3) is 3.91. The van der Waals surface area contributed by atoms with Gasteiger partial charge in [-0.05, 0) is 25.0 Å². The molecule has 0 unspecified atom stereocenters. The lowest BCUT2D eigenvalue weighted by molar-refractivity contribution is -0.122. The number of fused-ring (bicyclic) bond motifs is 1. The summed E-state index contributed by atoms with van der Waals surface area (Å²) < 4.78 is 27.6. The normalized spacial score (nSPS) is 17.9. The van der Waals surface area contributed by atoms with Gasteiger partial charge in [0.25, 0.3) is 5.91 Å². The van der Waals surface area contributed by atoms with Gasteiger partial charge in [0.05, 0.1) is 16.5 Å². The first-order valence-corrected chi connectivity index (χ1v) is 10.8. The Balaban J connectivity index is 1.86. The molecule has 2 heterocycles. The molecule has 8 heteroatoms. The smallest absolute Gasteiger partial charge is 0.251 e. The van der Waals surface area contributed by atoms with Crippen molar-refractivity contribution in [1.29, 1.82) is 0 Å². The molecule has 0 aliphatic carbocycles. The zero-order valence-electron chi connectivity index (χ0n) is 14.1. The Labute approximate surface area is 151 Å². The summed E-state index contributed by atoms with van der Waals surface area (Å²) in [4.78, 5) is 17.6. The van der Waals surface area contributed by atoms with E-state index < -0.39 is 10.0 Å². The fourth-order valence-corrected chi connectivity index (χ4v) is 4.95. The Morgan fingerprint density at radius 3 is 2.68 bits per heavy atom. The number of hydrogen-bond acceptors (Lipinski definition) is 4. The standard InChI is InChI=1S/C17H21N3O3S2/c1-3-10-20-14-6-4-5-7-15(14)24-17(20)18-16(21)13-8-11-19(12-9-13)25(2,22)23/h3-7,13H,1,8-12H2,2H3. The van der Waals surface area contributed by atoms with Crippen LogP contribution in [-0.4, -0.2) is 42.5 Å². The van der Waals surface area contributed by atoms with Crippen LogP contribution in [0.3, 0.4) is 0 Å². The molecule has 1 amide bonds. The first-order chi connectivity index (χ1) is 11.9. The van der Waals surface area contributed by atoms with Crippen LogP contribution >= 0.6 is 11.3 Å². The summed E-state index contributed by atoms with van der Waals surface area (Å²) >= 11 is 1.48. The molecule has 0 N–H and O–H groups in total. The van der Waals surface area contributed by atoms with E-state index in [1.165, 1.54) is 21.9 Å². The van der Waals surface area contributed by atoms with Gasteiger partial charge in [0.2, 0.25) is 10.0 Å². The zero-order valence-corrected chi connectivity index (χ0v) is 15.7. The maximum Gasteiger partial charge on any atom is 0.251 e. The van der Waals surface area contributed by atoms with Gasteiger partial charge in [-0.2, -0.15) is 4.99 Å². The van der Waals surface area contributed by atoms with E-state index in [1.807, 2.05) is 28.8 Å². The van der Waals surface area contributed by atoms with E-state index in [0.717, 1.165) is 10.2 Å². The Bertz CT molecular complexity index is 964. The van der Waals surface area contributed by atoms with Crippen LogP contribution in [0, 0.1) is 5.92 Å². The lowest BCUT2D eigenvalue weighted by Crippen LogP contribution is -2.39. The fourth-order valence-electron chi connectivity index (χ4n) is 3.03. The Hall–Kier alpha value is -1.77. The molecule has 1 aromatic heterocycles. The molecule has 1 aliphatic rings. The lowest BCUT2D eigenvalue weighted by atomic mass is 9.98. The van der Waals surface area contributed by atoms with Crippen LogP contribution in [0.5, 0.6) is 0 Å². The maximum atomic E-state index is 12.6. The molecular weight excluding hydrogens is 358 g/mol.